The molecule has 1 heteroatoms. The molecule has 0 amide bonds. The van der Waals surface area contributed by atoms with E-state index in [1.807, 2.05) is 0 Å². The lowest BCUT2D eigenvalue weighted by Crippen LogP contribution is -2.48. The molecular formula is C10H19N. The molecule has 0 N–H and O–H groups in total. The molecule has 3 rings (SSSR count). The standard InChI is InChI=1S/C10H19N/c1-2-3-10-4-7-11(8-5-10)9-6-10/h2-9H2,1H3. The summed E-state index contributed by atoms with van der Waals surface area (Å²) in [6.07, 6.45) is 7.34. The van der Waals surface area contributed by atoms with Crippen LogP contribution in [0.15, 0.2) is 0 Å². The second kappa shape index (κ2) is 2.78. The first-order valence-corrected chi connectivity index (χ1v) is 5.07. The highest BCUT2D eigenvalue weighted by atomic mass is 15.1. The molecule has 0 spiro atoms. The van der Waals surface area contributed by atoms with E-state index < -0.39 is 0 Å². The zero-order chi connectivity index (χ0) is 7.73. The molecule has 2 bridgehead atoms. The third-order valence-electron chi connectivity index (χ3n) is 3.66. The summed E-state index contributed by atoms with van der Waals surface area (Å²) in [5.41, 5.74) is 0.795. The zero-order valence-corrected chi connectivity index (χ0v) is 7.60. The number of nitrogens with zero attached hydrogens (tertiary/aromatic N) is 1. The highest BCUT2D eigenvalue weighted by Gasteiger charge is 2.37. The summed E-state index contributed by atoms with van der Waals surface area (Å²) in [4.78, 5) is 2.62. The van der Waals surface area contributed by atoms with Crippen molar-refractivity contribution in [2.24, 2.45) is 5.41 Å². The Balaban J connectivity index is 2.00. The van der Waals surface area contributed by atoms with E-state index in [2.05, 4.69) is 11.8 Å². The molecule has 0 unspecified atom stereocenters. The molecule has 3 saturated heterocycles. The van der Waals surface area contributed by atoms with Crippen LogP contribution in [0.2, 0.25) is 0 Å². The number of hydrogen-bond acceptors (Lipinski definition) is 1. The van der Waals surface area contributed by atoms with Gasteiger partial charge in [-0.05, 0) is 50.7 Å². The Morgan fingerprint density at radius 1 is 1.09 bits per heavy atom. The highest BCUT2D eigenvalue weighted by Crippen LogP contribution is 2.43. The molecule has 0 saturated carbocycles. The third-order valence-corrected chi connectivity index (χ3v) is 3.66. The second-order valence-corrected chi connectivity index (χ2v) is 4.34. The summed E-state index contributed by atoms with van der Waals surface area (Å²) in [6, 6.07) is 0. The fourth-order valence-electron chi connectivity index (χ4n) is 2.80. The number of piperidine rings is 3. The summed E-state index contributed by atoms with van der Waals surface area (Å²) in [5, 5.41) is 0. The fourth-order valence-corrected chi connectivity index (χ4v) is 2.80. The van der Waals surface area contributed by atoms with Crippen LogP contribution in [0.3, 0.4) is 0 Å². The Labute approximate surface area is 69.8 Å². The molecule has 11 heavy (non-hydrogen) atoms. The molecule has 3 heterocycles. The lowest BCUT2D eigenvalue weighted by atomic mass is 9.69. The van der Waals surface area contributed by atoms with E-state index in [0.717, 1.165) is 5.41 Å². The first-order chi connectivity index (χ1) is 5.35. The molecule has 0 atom stereocenters. The molecule has 1 nitrogen and oxygen atoms in total. The fraction of sp³-hybridized carbons (Fsp3) is 1.00. The molecule has 0 aliphatic carbocycles. The van der Waals surface area contributed by atoms with Gasteiger partial charge in [-0.2, -0.15) is 0 Å². The SMILES string of the molecule is CCCC12CCN(CC1)CC2. The Kier molecular flexibility index (Phi) is 1.92. The minimum atomic E-state index is 0.795. The van der Waals surface area contributed by atoms with Gasteiger partial charge >= 0.3 is 0 Å². The van der Waals surface area contributed by atoms with Crippen molar-refractivity contribution >= 4 is 0 Å². The van der Waals surface area contributed by atoms with Crippen LogP contribution in [-0.4, -0.2) is 24.5 Å². The maximum Gasteiger partial charge on any atom is -0.00134 e. The van der Waals surface area contributed by atoms with E-state index in [0.29, 0.717) is 0 Å². The average molecular weight is 153 g/mol. The van der Waals surface area contributed by atoms with Gasteiger partial charge in [0.05, 0.1) is 0 Å². The van der Waals surface area contributed by atoms with Crippen LogP contribution < -0.4 is 0 Å². The summed E-state index contributed by atoms with van der Waals surface area (Å²) in [5.74, 6) is 0. The van der Waals surface area contributed by atoms with Crippen LogP contribution >= 0.6 is 0 Å². The van der Waals surface area contributed by atoms with Gasteiger partial charge in [0, 0.05) is 0 Å². The first-order valence-electron chi connectivity index (χ1n) is 5.07. The van der Waals surface area contributed by atoms with Gasteiger partial charge in [-0.3, -0.25) is 0 Å². The van der Waals surface area contributed by atoms with Crippen molar-refractivity contribution in [3.05, 3.63) is 0 Å². The average Bonchev–Trinajstić information content (AvgIpc) is 2.07. The predicted octanol–water partition coefficient (Wildman–Crippen LogP) is 2.27. The largest absolute Gasteiger partial charge is 0.303 e. The molecule has 0 aromatic carbocycles. The smallest absolute Gasteiger partial charge is 0.00134 e. The Morgan fingerprint density at radius 2 is 1.64 bits per heavy atom. The van der Waals surface area contributed by atoms with Crippen LogP contribution in [0.4, 0.5) is 0 Å². The first kappa shape index (κ1) is 7.60. The van der Waals surface area contributed by atoms with Crippen LogP contribution in [0.5, 0.6) is 0 Å². The lowest BCUT2D eigenvalue weighted by Gasteiger charge is -2.48. The number of hydrogen-bond donors (Lipinski definition) is 0. The monoisotopic (exact) mass is 153 g/mol. The van der Waals surface area contributed by atoms with E-state index in [1.54, 1.807) is 0 Å². The van der Waals surface area contributed by atoms with E-state index in [1.165, 1.54) is 51.7 Å². The summed E-state index contributed by atoms with van der Waals surface area (Å²) in [7, 11) is 0. The molecule has 3 aliphatic rings. The maximum atomic E-state index is 2.62. The molecule has 3 aliphatic heterocycles. The third kappa shape index (κ3) is 1.31. The van der Waals surface area contributed by atoms with E-state index in [9.17, 15) is 0 Å². The highest BCUT2D eigenvalue weighted by molar-refractivity contribution is 4.91. The predicted molar refractivity (Wildman–Crippen MR) is 47.6 cm³/mol. The van der Waals surface area contributed by atoms with Gasteiger partial charge in [0.25, 0.3) is 0 Å². The van der Waals surface area contributed by atoms with E-state index in [-0.39, 0.29) is 0 Å². The van der Waals surface area contributed by atoms with Crippen molar-refractivity contribution in [2.45, 2.75) is 39.0 Å². The molecular weight excluding hydrogens is 134 g/mol. The summed E-state index contributed by atoms with van der Waals surface area (Å²) < 4.78 is 0. The number of fused-ring (bicyclic) bond motifs is 3. The normalized spacial score (nSPS) is 42.8. The molecule has 64 valence electrons. The second-order valence-electron chi connectivity index (χ2n) is 4.34. The van der Waals surface area contributed by atoms with Crippen molar-refractivity contribution in [1.82, 2.24) is 4.90 Å². The van der Waals surface area contributed by atoms with Gasteiger partial charge in [-0.15, -0.1) is 0 Å². The van der Waals surface area contributed by atoms with E-state index >= 15 is 0 Å². The van der Waals surface area contributed by atoms with Crippen molar-refractivity contribution < 1.29 is 0 Å². The van der Waals surface area contributed by atoms with Gasteiger partial charge in [0.1, 0.15) is 0 Å². The van der Waals surface area contributed by atoms with Crippen LogP contribution in [0.25, 0.3) is 0 Å². The zero-order valence-electron chi connectivity index (χ0n) is 7.60. The maximum absolute atomic E-state index is 2.62. The Morgan fingerprint density at radius 3 is 2.09 bits per heavy atom. The molecule has 3 fully saturated rings. The summed E-state index contributed by atoms with van der Waals surface area (Å²) >= 11 is 0. The lowest BCUT2D eigenvalue weighted by molar-refractivity contribution is 0.0194. The van der Waals surface area contributed by atoms with E-state index in [4.69, 9.17) is 0 Å². The van der Waals surface area contributed by atoms with Crippen molar-refractivity contribution in [2.75, 3.05) is 19.6 Å². The number of rotatable bonds is 2. The topological polar surface area (TPSA) is 3.24 Å². The molecule has 0 aromatic heterocycles. The van der Waals surface area contributed by atoms with Gasteiger partial charge in [0.2, 0.25) is 0 Å². The van der Waals surface area contributed by atoms with Crippen molar-refractivity contribution in [1.29, 1.82) is 0 Å². The van der Waals surface area contributed by atoms with Crippen LogP contribution in [-0.2, 0) is 0 Å². The van der Waals surface area contributed by atoms with Crippen molar-refractivity contribution in [3.8, 4) is 0 Å². The van der Waals surface area contributed by atoms with Gasteiger partial charge in [-0.1, -0.05) is 13.3 Å². The quantitative estimate of drug-likeness (QED) is 0.588. The minimum Gasteiger partial charge on any atom is -0.303 e. The molecule has 0 radical (unpaired) electrons. The minimum absolute atomic E-state index is 0.795. The summed E-state index contributed by atoms with van der Waals surface area (Å²) in [6.45, 7) is 6.50. The van der Waals surface area contributed by atoms with Gasteiger partial charge in [-0.25, -0.2) is 0 Å². The van der Waals surface area contributed by atoms with Gasteiger partial charge in [0.15, 0.2) is 0 Å². The van der Waals surface area contributed by atoms with Crippen LogP contribution in [0, 0.1) is 5.41 Å². The van der Waals surface area contributed by atoms with Crippen LogP contribution in [0.1, 0.15) is 39.0 Å². The Bertz CT molecular complexity index is 114. The van der Waals surface area contributed by atoms with Crippen molar-refractivity contribution in [3.63, 3.8) is 0 Å². The molecule has 0 aromatic rings. The Hall–Kier alpha value is -0.0400. The van der Waals surface area contributed by atoms with Gasteiger partial charge < -0.3 is 4.90 Å².